The molecule has 40 heavy (non-hydrogen) atoms. The molecule has 4 nitrogen and oxygen atoms in total. The Morgan fingerprint density at radius 2 is 1.60 bits per heavy atom. The zero-order chi connectivity index (χ0) is 28.3. The van der Waals surface area contributed by atoms with E-state index in [0.29, 0.717) is 29.4 Å². The number of carboxylic acid groups (broad SMARTS) is 1. The van der Waals surface area contributed by atoms with Crippen LogP contribution in [0.25, 0.3) is 11.1 Å². The van der Waals surface area contributed by atoms with Gasteiger partial charge in [0.25, 0.3) is 0 Å². The molecule has 5 rings (SSSR count). The van der Waals surface area contributed by atoms with E-state index in [1.54, 1.807) is 6.08 Å². The van der Waals surface area contributed by atoms with Crippen LogP contribution in [0, 0.1) is 5.92 Å². The van der Waals surface area contributed by atoms with E-state index >= 15 is 0 Å². The van der Waals surface area contributed by atoms with Crippen molar-refractivity contribution in [3.8, 4) is 22.6 Å². The van der Waals surface area contributed by atoms with Gasteiger partial charge in [0.2, 0.25) is 0 Å². The first kappa shape index (κ1) is 29.7. The van der Waals surface area contributed by atoms with Gasteiger partial charge < -0.3 is 14.6 Å². The van der Waals surface area contributed by atoms with Crippen molar-refractivity contribution in [3.05, 3.63) is 95.6 Å². The van der Waals surface area contributed by atoms with Gasteiger partial charge in [0.1, 0.15) is 18.1 Å². The Morgan fingerprint density at radius 1 is 0.925 bits per heavy atom. The molecule has 1 N–H and O–H groups in total. The van der Waals surface area contributed by atoms with Gasteiger partial charge in [-0.25, -0.2) is 0 Å². The van der Waals surface area contributed by atoms with E-state index in [2.05, 4.69) is 48.8 Å². The molecule has 212 valence electrons. The van der Waals surface area contributed by atoms with E-state index in [4.69, 9.17) is 14.6 Å². The molecule has 3 aromatic carbocycles. The Balaban J connectivity index is 0.00000118. The van der Waals surface area contributed by atoms with Crippen LogP contribution in [0.3, 0.4) is 0 Å². The van der Waals surface area contributed by atoms with Crippen LogP contribution in [0.5, 0.6) is 11.5 Å². The molecular weight excluding hydrogens is 516 g/mol. The fourth-order valence-corrected chi connectivity index (χ4v) is 6.78. The second kappa shape index (κ2) is 14.9. The molecule has 1 fully saturated rings. The summed E-state index contributed by atoms with van der Waals surface area (Å²) in [4.78, 5) is 10.8. The smallest absolute Gasteiger partial charge is 0.303 e. The molecule has 2 aliphatic rings. The summed E-state index contributed by atoms with van der Waals surface area (Å²) in [7, 11) is 0.366. The second-order valence-electron chi connectivity index (χ2n) is 10.7. The fraction of sp³-hybridized carbons (Fsp3) is 0.371. The molecular formula is C35H42O4S. The van der Waals surface area contributed by atoms with Crippen LogP contribution in [-0.2, 0) is 30.7 Å². The number of carboxylic acids is 1. The van der Waals surface area contributed by atoms with E-state index in [1.807, 2.05) is 31.2 Å². The number of hydrogen-bond acceptors (Lipinski definition) is 3. The molecule has 1 aliphatic heterocycles. The summed E-state index contributed by atoms with van der Waals surface area (Å²) in [5, 5.41) is 8.86. The van der Waals surface area contributed by atoms with Crippen molar-refractivity contribution in [1.29, 1.82) is 0 Å². The predicted octanol–water partition coefficient (Wildman–Crippen LogP) is 8.12. The third kappa shape index (κ3) is 8.59. The van der Waals surface area contributed by atoms with Gasteiger partial charge >= 0.3 is 5.97 Å². The Hall–Kier alpha value is -3.31. The predicted molar refractivity (Wildman–Crippen MR) is 169 cm³/mol. The number of rotatable bonds is 9. The standard InChI is InChI=1S/C32H36O4S.C3H6/c1-37-17-15-24(16-18-37)21-36-29-12-13-30-27(20-29)4-2-3-26-9-5-25(19-31(26)30)22-35-28-10-6-23(7-11-28)8-14-32(33)34;1-3-2/h5-7,9-13,19-20,24H,1-4,8,14-18,21-22H2,(H,33,34);3H,1H2,2H3. The van der Waals surface area contributed by atoms with E-state index in [1.165, 1.54) is 46.6 Å². The van der Waals surface area contributed by atoms with Crippen molar-refractivity contribution in [2.45, 2.75) is 58.5 Å². The maximum atomic E-state index is 10.8. The average molecular weight is 559 g/mol. The summed E-state index contributed by atoms with van der Waals surface area (Å²) in [5.74, 6) is 8.40. The van der Waals surface area contributed by atoms with E-state index < -0.39 is 5.97 Å². The van der Waals surface area contributed by atoms with Gasteiger partial charge in [0.05, 0.1) is 6.61 Å². The molecule has 0 atom stereocenters. The quantitative estimate of drug-likeness (QED) is 0.213. The zero-order valence-corrected chi connectivity index (χ0v) is 24.5. The molecule has 0 amide bonds. The molecule has 0 unspecified atom stereocenters. The van der Waals surface area contributed by atoms with Crippen LogP contribution in [0.15, 0.2) is 73.3 Å². The maximum Gasteiger partial charge on any atom is 0.303 e. The Kier molecular flexibility index (Phi) is 11.1. The lowest BCUT2D eigenvalue weighted by molar-refractivity contribution is -0.136. The number of carbonyl (C=O) groups is 1. The lowest BCUT2D eigenvalue weighted by Gasteiger charge is -2.24. The minimum atomic E-state index is -0.777. The van der Waals surface area contributed by atoms with Crippen LogP contribution in [-0.4, -0.2) is 35.1 Å². The highest BCUT2D eigenvalue weighted by molar-refractivity contribution is 8.14. The summed E-state index contributed by atoms with van der Waals surface area (Å²) in [5.41, 5.74) is 7.52. The minimum Gasteiger partial charge on any atom is -0.493 e. The van der Waals surface area contributed by atoms with Gasteiger partial charge in [-0.3, -0.25) is 4.79 Å². The van der Waals surface area contributed by atoms with Crippen molar-refractivity contribution in [2.75, 3.05) is 18.1 Å². The third-order valence-corrected chi connectivity index (χ3v) is 9.13. The van der Waals surface area contributed by atoms with Gasteiger partial charge in [-0.1, -0.05) is 42.3 Å². The third-order valence-electron chi connectivity index (χ3n) is 7.51. The SMILES string of the molecule is C=CC.C=S1CCC(COc2ccc3c(c2)CCCc2ccc(COc4ccc(CCC(=O)O)cc4)cc2-3)CC1. The first-order valence-corrected chi connectivity index (χ1v) is 16.0. The minimum absolute atomic E-state index is 0.141. The molecule has 3 aromatic rings. The number of benzene rings is 3. The highest BCUT2D eigenvalue weighted by Gasteiger charge is 2.18. The van der Waals surface area contributed by atoms with Crippen LogP contribution in [0.4, 0.5) is 0 Å². The fourth-order valence-electron chi connectivity index (χ4n) is 5.24. The highest BCUT2D eigenvalue weighted by atomic mass is 32.2. The molecule has 0 radical (unpaired) electrons. The molecule has 1 heterocycles. The largest absolute Gasteiger partial charge is 0.493 e. The molecule has 1 aliphatic carbocycles. The number of allylic oxidation sites excluding steroid dienone is 1. The van der Waals surface area contributed by atoms with Gasteiger partial charge in [-0.15, -0.1) is 6.58 Å². The number of fused-ring (bicyclic) bond motifs is 3. The van der Waals surface area contributed by atoms with E-state index in [9.17, 15) is 4.79 Å². The number of ether oxygens (including phenoxy) is 2. The van der Waals surface area contributed by atoms with Crippen LogP contribution in [0.2, 0.25) is 0 Å². The van der Waals surface area contributed by atoms with E-state index in [-0.39, 0.29) is 6.42 Å². The normalized spacial score (nSPS) is 17.7. The van der Waals surface area contributed by atoms with Crippen molar-refractivity contribution in [2.24, 2.45) is 5.92 Å². The Labute approximate surface area is 242 Å². The van der Waals surface area contributed by atoms with Crippen molar-refractivity contribution >= 4 is 22.3 Å². The first-order chi connectivity index (χ1) is 19.4. The summed E-state index contributed by atoms with van der Waals surface area (Å²) in [6, 6.07) is 21.1. The van der Waals surface area contributed by atoms with Gasteiger partial charge in [-0.05, 0) is 127 Å². The number of aryl methyl sites for hydroxylation is 3. The van der Waals surface area contributed by atoms with Crippen molar-refractivity contribution in [1.82, 2.24) is 0 Å². The summed E-state index contributed by atoms with van der Waals surface area (Å²) in [6.45, 7) is 6.56. The van der Waals surface area contributed by atoms with Gasteiger partial charge in [0.15, 0.2) is 0 Å². The Bertz CT molecular complexity index is 1300. The molecule has 1 saturated heterocycles. The van der Waals surface area contributed by atoms with Crippen molar-refractivity contribution in [3.63, 3.8) is 0 Å². The van der Waals surface area contributed by atoms with Crippen LogP contribution < -0.4 is 9.47 Å². The maximum absolute atomic E-state index is 10.8. The lowest BCUT2D eigenvalue weighted by atomic mass is 9.95. The second-order valence-corrected chi connectivity index (χ2v) is 12.7. The summed E-state index contributed by atoms with van der Waals surface area (Å²) >= 11 is 0. The summed E-state index contributed by atoms with van der Waals surface area (Å²) in [6.07, 6.45) is 8.19. The molecule has 0 bridgehead atoms. The number of aliphatic carboxylic acids is 1. The molecule has 5 heteroatoms. The highest BCUT2D eigenvalue weighted by Crippen LogP contribution is 2.36. The molecule has 0 saturated carbocycles. The van der Waals surface area contributed by atoms with Gasteiger partial charge in [0, 0.05) is 6.42 Å². The van der Waals surface area contributed by atoms with E-state index in [0.717, 1.165) is 48.5 Å². The lowest BCUT2D eigenvalue weighted by Crippen LogP contribution is -2.18. The summed E-state index contributed by atoms with van der Waals surface area (Å²) < 4.78 is 12.3. The van der Waals surface area contributed by atoms with Crippen molar-refractivity contribution < 1.29 is 19.4 Å². The molecule has 0 aromatic heterocycles. The number of hydrogen-bond donors (Lipinski definition) is 1. The first-order valence-electron chi connectivity index (χ1n) is 14.3. The zero-order valence-electron chi connectivity index (χ0n) is 23.7. The topological polar surface area (TPSA) is 55.8 Å². The van der Waals surface area contributed by atoms with Crippen LogP contribution >= 0.6 is 10.5 Å². The monoisotopic (exact) mass is 558 g/mol. The molecule has 0 spiro atoms. The van der Waals surface area contributed by atoms with Gasteiger partial charge in [-0.2, -0.15) is 10.5 Å². The Morgan fingerprint density at radius 3 is 2.33 bits per heavy atom. The average Bonchev–Trinajstić information content (AvgIpc) is 3.14. The van der Waals surface area contributed by atoms with Crippen LogP contribution in [0.1, 0.15) is 54.9 Å².